The van der Waals surface area contributed by atoms with Crippen molar-refractivity contribution in [2.45, 2.75) is 120 Å². The van der Waals surface area contributed by atoms with Gasteiger partial charge in [-0.25, -0.2) is 27.0 Å². The van der Waals surface area contributed by atoms with Gasteiger partial charge in [-0.1, -0.05) is 44.2 Å². The Balaban J connectivity index is 1.35. The van der Waals surface area contributed by atoms with Crippen LogP contribution < -0.4 is 24.8 Å². The van der Waals surface area contributed by atoms with Crippen molar-refractivity contribution in [3.05, 3.63) is 42.6 Å². The summed E-state index contributed by atoms with van der Waals surface area (Å²) < 4.78 is 111. The van der Waals surface area contributed by atoms with E-state index in [9.17, 15) is 49.5 Å². The summed E-state index contributed by atoms with van der Waals surface area (Å²) in [6, 6.07) is 3.61. The van der Waals surface area contributed by atoms with E-state index in [1.165, 1.54) is 6.20 Å². The lowest BCUT2D eigenvalue weighted by Crippen LogP contribution is -2.59. The van der Waals surface area contributed by atoms with Crippen molar-refractivity contribution < 1.29 is 63.8 Å². The molecule has 4 aliphatic rings. The second-order valence-electron chi connectivity index (χ2n) is 16.4. The first-order valence-corrected chi connectivity index (χ1v) is 21.0. The number of ether oxygens (including phenoxy) is 3. The first-order valence-electron chi connectivity index (χ1n) is 19.5. The van der Waals surface area contributed by atoms with Gasteiger partial charge in [0, 0.05) is 23.1 Å². The summed E-state index contributed by atoms with van der Waals surface area (Å²) in [4.78, 5) is 61.4. The standard InChI is InChI=1S/C39H48F5N5O9S/c1-21-9-5-6-10-23-17-38(23,35(52)48-59(54,55)25-13-14-25)47-32(50)28-16-24(57-33-27-12-8-7-11-26(27)29(18-45-33)56-20-30(40)41)19-49(28)34(51)31(22(2)15-21)46-36(53)58-37(3,4)39(42,43)44/h6-8,10-12,18,21-25,28,30-31H,5,9,13-17,19-20H2,1-4H3,(H,46,53)(H,47,50)(H,48,52)/b10-6-/t21-,22-,23-,24-,28+,31+,38-/m1/s1. The number of aromatic nitrogens is 1. The van der Waals surface area contributed by atoms with Gasteiger partial charge in [0.05, 0.1) is 18.0 Å². The highest BCUT2D eigenvalue weighted by atomic mass is 32.2. The molecule has 0 bridgehead atoms. The van der Waals surface area contributed by atoms with Crippen LogP contribution in [0.3, 0.4) is 0 Å². The molecule has 2 saturated carbocycles. The van der Waals surface area contributed by atoms with Gasteiger partial charge in [0.1, 0.15) is 36.1 Å². The minimum atomic E-state index is -4.95. The van der Waals surface area contributed by atoms with Crippen LogP contribution in [0.15, 0.2) is 42.6 Å². The number of benzene rings is 1. The van der Waals surface area contributed by atoms with E-state index in [1.54, 1.807) is 37.3 Å². The second kappa shape index (κ2) is 16.7. The van der Waals surface area contributed by atoms with Crippen LogP contribution in [-0.2, 0) is 29.1 Å². The predicted octanol–water partition coefficient (Wildman–Crippen LogP) is 5.16. The highest BCUT2D eigenvalue weighted by molar-refractivity contribution is 7.91. The minimum Gasteiger partial charge on any atom is -0.485 e. The molecule has 6 rings (SSSR count). The number of nitrogens with one attached hydrogen (secondary N) is 3. The molecule has 7 atom stereocenters. The lowest BCUT2D eigenvalue weighted by atomic mass is 9.88. The fraction of sp³-hybridized carbons (Fsp3) is 0.615. The van der Waals surface area contributed by atoms with Crippen molar-refractivity contribution in [2.24, 2.45) is 17.8 Å². The number of carbonyl (C=O) groups is 4. The summed E-state index contributed by atoms with van der Waals surface area (Å²) >= 11 is 0. The molecular weight excluding hydrogens is 810 g/mol. The van der Waals surface area contributed by atoms with Gasteiger partial charge in [0.15, 0.2) is 0 Å². The van der Waals surface area contributed by atoms with E-state index in [0.29, 0.717) is 56.7 Å². The molecular formula is C39H48F5N5O9S. The van der Waals surface area contributed by atoms with Gasteiger partial charge < -0.3 is 29.7 Å². The van der Waals surface area contributed by atoms with E-state index in [4.69, 9.17) is 14.2 Å². The van der Waals surface area contributed by atoms with Gasteiger partial charge in [-0.05, 0) is 70.3 Å². The topological polar surface area (TPSA) is 182 Å². The Morgan fingerprint density at radius 1 is 1.07 bits per heavy atom. The third kappa shape index (κ3) is 9.84. The number of alkyl halides is 5. The molecule has 324 valence electrons. The number of amides is 4. The molecule has 1 aromatic carbocycles. The molecule has 1 saturated heterocycles. The SMILES string of the molecule is C[C@@H]1CC/C=C\[C@@H]2C[C@@]2(C(=O)NS(=O)(=O)C2CC2)NC(=O)[C@@H]2C[C@@H](Oc3ncc(OCC(F)F)c4ccccc34)CN2C(=O)[C@@H](NC(=O)OC(C)(C)C(F)(F)F)[C@H](C)C1. The first kappa shape index (κ1) is 43.8. The lowest BCUT2D eigenvalue weighted by molar-refractivity contribution is -0.244. The molecule has 0 radical (unpaired) electrons. The first-order chi connectivity index (χ1) is 27.6. The molecule has 2 aliphatic heterocycles. The zero-order chi connectivity index (χ0) is 43.1. The van der Waals surface area contributed by atoms with Crippen molar-refractivity contribution >= 4 is 44.6 Å². The van der Waals surface area contributed by atoms with Crippen LogP contribution in [0.2, 0.25) is 0 Å². The maximum atomic E-state index is 14.7. The molecule has 3 heterocycles. The van der Waals surface area contributed by atoms with Crippen LogP contribution in [0.25, 0.3) is 10.8 Å². The zero-order valence-corrected chi connectivity index (χ0v) is 33.7. The van der Waals surface area contributed by atoms with E-state index in [-0.39, 0.29) is 36.9 Å². The molecule has 0 unspecified atom stereocenters. The summed E-state index contributed by atoms with van der Waals surface area (Å²) in [6.07, 6.45) is -3.40. The van der Waals surface area contributed by atoms with Gasteiger partial charge >= 0.3 is 12.3 Å². The number of hydrogen-bond acceptors (Lipinski definition) is 10. The number of pyridine rings is 1. The van der Waals surface area contributed by atoms with Crippen LogP contribution in [0.1, 0.15) is 72.6 Å². The number of fused-ring (bicyclic) bond motifs is 3. The smallest absolute Gasteiger partial charge is 0.427 e. The number of carbonyl (C=O) groups excluding carboxylic acids is 4. The summed E-state index contributed by atoms with van der Waals surface area (Å²) in [7, 11) is -4.02. The van der Waals surface area contributed by atoms with Crippen molar-refractivity contribution in [1.29, 1.82) is 0 Å². The van der Waals surface area contributed by atoms with Gasteiger partial charge in [-0.2, -0.15) is 13.2 Å². The monoisotopic (exact) mass is 857 g/mol. The molecule has 2 aliphatic carbocycles. The molecule has 59 heavy (non-hydrogen) atoms. The highest BCUT2D eigenvalue weighted by Gasteiger charge is 2.62. The van der Waals surface area contributed by atoms with Crippen LogP contribution in [0.5, 0.6) is 11.6 Å². The molecule has 4 amide bonds. The molecule has 20 heteroatoms. The van der Waals surface area contributed by atoms with Gasteiger partial charge in [-0.3, -0.25) is 19.1 Å². The fourth-order valence-corrected chi connectivity index (χ4v) is 8.97. The summed E-state index contributed by atoms with van der Waals surface area (Å²) in [5.74, 6) is -3.91. The van der Waals surface area contributed by atoms with E-state index >= 15 is 0 Å². The maximum Gasteiger partial charge on any atom is 0.427 e. The summed E-state index contributed by atoms with van der Waals surface area (Å²) in [5, 5.41) is 5.08. The summed E-state index contributed by atoms with van der Waals surface area (Å²) in [6.45, 7) is 3.67. The number of hydrogen-bond donors (Lipinski definition) is 3. The Hall–Kier alpha value is -4.75. The molecule has 0 spiro atoms. The Labute approximate surface area is 338 Å². The number of alkyl carbamates (subject to hydrolysis) is 1. The van der Waals surface area contributed by atoms with E-state index in [2.05, 4.69) is 20.3 Å². The number of sulfonamides is 1. The number of nitrogens with zero attached hydrogens (tertiary/aromatic N) is 2. The van der Waals surface area contributed by atoms with Gasteiger partial charge in [0.25, 0.3) is 12.3 Å². The quantitative estimate of drug-likeness (QED) is 0.213. The predicted molar refractivity (Wildman–Crippen MR) is 202 cm³/mol. The fourth-order valence-electron chi connectivity index (χ4n) is 7.60. The maximum absolute atomic E-state index is 14.7. The second-order valence-corrected chi connectivity index (χ2v) is 18.4. The van der Waals surface area contributed by atoms with Gasteiger partial charge in [-0.15, -0.1) is 0 Å². The Morgan fingerprint density at radius 2 is 1.76 bits per heavy atom. The minimum absolute atomic E-state index is 0.00829. The van der Waals surface area contributed by atoms with Crippen LogP contribution >= 0.6 is 0 Å². The highest BCUT2D eigenvalue weighted by Crippen LogP contribution is 2.46. The van der Waals surface area contributed by atoms with Crippen LogP contribution in [0.4, 0.5) is 26.7 Å². The molecule has 3 N–H and O–H groups in total. The average Bonchev–Trinajstić information content (AvgIpc) is 4.07. The van der Waals surface area contributed by atoms with Crippen molar-refractivity contribution in [3.8, 4) is 11.6 Å². The third-order valence-corrected chi connectivity index (χ3v) is 13.1. The summed E-state index contributed by atoms with van der Waals surface area (Å²) in [5.41, 5.74) is -4.60. The average molecular weight is 858 g/mol. The molecule has 1 aromatic heterocycles. The molecule has 3 fully saturated rings. The van der Waals surface area contributed by atoms with Crippen molar-refractivity contribution in [2.75, 3.05) is 13.2 Å². The normalized spacial score (nSPS) is 28.7. The lowest BCUT2D eigenvalue weighted by Gasteiger charge is -2.34. The number of halogens is 5. The van der Waals surface area contributed by atoms with E-state index in [1.807, 2.05) is 13.0 Å². The van der Waals surface area contributed by atoms with Crippen LogP contribution in [0, 0.1) is 17.8 Å². The van der Waals surface area contributed by atoms with Crippen molar-refractivity contribution in [1.82, 2.24) is 25.2 Å². The largest absolute Gasteiger partial charge is 0.485 e. The zero-order valence-electron chi connectivity index (χ0n) is 32.9. The number of allylic oxidation sites excluding steroid dienone is 1. The Morgan fingerprint density at radius 3 is 2.42 bits per heavy atom. The Kier molecular flexibility index (Phi) is 12.4. The van der Waals surface area contributed by atoms with Gasteiger partial charge in [0.2, 0.25) is 33.3 Å². The van der Waals surface area contributed by atoms with E-state index in [0.717, 1.165) is 4.90 Å². The molecule has 14 nitrogen and oxygen atoms in total. The third-order valence-electron chi connectivity index (χ3n) is 11.3. The van der Waals surface area contributed by atoms with Crippen LogP contribution in [-0.4, -0.2) is 102 Å². The van der Waals surface area contributed by atoms with Crippen molar-refractivity contribution in [3.63, 3.8) is 0 Å². The molecule has 2 aromatic rings. The number of rotatable bonds is 10. The Bertz CT molecular complexity index is 2080. The van der Waals surface area contributed by atoms with E-state index < -0.39 is 99.5 Å².